The first-order valence-corrected chi connectivity index (χ1v) is 8.21. The van der Waals surface area contributed by atoms with Gasteiger partial charge in [-0.2, -0.15) is 0 Å². The number of phenols is 2. The molecular formula is C19H22O2. The van der Waals surface area contributed by atoms with E-state index in [4.69, 9.17) is 0 Å². The average Bonchev–Trinajstić information content (AvgIpc) is 3.11. The lowest BCUT2D eigenvalue weighted by Crippen LogP contribution is -2.01. The van der Waals surface area contributed by atoms with Crippen LogP contribution in [-0.4, -0.2) is 10.2 Å². The molecule has 0 aliphatic heterocycles. The molecule has 2 aromatic rings. The van der Waals surface area contributed by atoms with Gasteiger partial charge in [0.2, 0.25) is 0 Å². The van der Waals surface area contributed by atoms with Gasteiger partial charge in [0.1, 0.15) is 11.5 Å². The topological polar surface area (TPSA) is 40.5 Å². The fourth-order valence-corrected chi connectivity index (χ4v) is 4.52. The third kappa shape index (κ3) is 1.71. The van der Waals surface area contributed by atoms with Gasteiger partial charge < -0.3 is 10.2 Å². The van der Waals surface area contributed by atoms with Gasteiger partial charge in [-0.1, -0.05) is 31.5 Å². The fourth-order valence-electron chi connectivity index (χ4n) is 4.52. The highest BCUT2D eigenvalue weighted by Crippen LogP contribution is 2.60. The molecule has 2 heteroatoms. The number of aryl methyl sites for hydroxylation is 1. The number of unbranched alkanes of at least 4 members (excludes halogenated alkanes) is 1. The molecule has 2 N–H and O–H groups in total. The van der Waals surface area contributed by atoms with Crippen LogP contribution in [0.5, 0.6) is 11.5 Å². The van der Waals surface area contributed by atoms with E-state index in [1.54, 1.807) is 0 Å². The molecule has 2 bridgehead atoms. The highest BCUT2D eigenvalue weighted by Gasteiger charge is 2.42. The number of phenolic OH excluding ortho intramolecular Hbond substituents is 2. The molecule has 4 rings (SSSR count). The summed E-state index contributed by atoms with van der Waals surface area (Å²) < 4.78 is 0. The molecule has 2 aliphatic carbocycles. The van der Waals surface area contributed by atoms with Crippen molar-refractivity contribution in [2.45, 2.75) is 57.3 Å². The van der Waals surface area contributed by atoms with E-state index in [-0.39, 0.29) is 0 Å². The van der Waals surface area contributed by atoms with Crippen LogP contribution in [0.2, 0.25) is 0 Å². The molecule has 0 saturated heterocycles. The molecule has 1 saturated carbocycles. The van der Waals surface area contributed by atoms with Crippen molar-refractivity contribution in [1.82, 2.24) is 0 Å². The molecule has 2 nitrogen and oxygen atoms in total. The normalized spacial score (nSPS) is 22.9. The minimum absolute atomic E-state index is 0.434. The first-order chi connectivity index (χ1) is 10.2. The van der Waals surface area contributed by atoms with Crippen LogP contribution in [0.25, 0.3) is 10.8 Å². The van der Waals surface area contributed by atoms with Crippen molar-refractivity contribution in [3.63, 3.8) is 0 Å². The number of fused-ring (bicyclic) bond motifs is 6. The molecule has 2 aliphatic rings. The summed E-state index contributed by atoms with van der Waals surface area (Å²) in [4.78, 5) is 0. The van der Waals surface area contributed by atoms with E-state index in [1.807, 2.05) is 12.1 Å². The molecule has 0 aromatic heterocycles. The summed E-state index contributed by atoms with van der Waals surface area (Å²) in [6.45, 7) is 2.18. The quantitative estimate of drug-likeness (QED) is 0.781. The van der Waals surface area contributed by atoms with Crippen LogP contribution in [0.3, 0.4) is 0 Å². The summed E-state index contributed by atoms with van der Waals surface area (Å²) >= 11 is 0. The smallest absolute Gasteiger partial charge is 0.127 e. The minimum atomic E-state index is 0.434. The van der Waals surface area contributed by atoms with E-state index in [1.165, 1.54) is 5.56 Å². The Bertz CT molecular complexity index is 717. The first kappa shape index (κ1) is 13.0. The van der Waals surface area contributed by atoms with Crippen LogP contribution in [0.4, 0.5) is 0 Å². The van der Waals surface area contributed by atoms with Gasteiger partial charge in [0.15, 0.2) is 0 Å². The number of aromatic hydroxyl groups is 2. The lowest BCUT2D eigenvalue weighted by atomic mass is 9.85. The third-order valence-corrected chi connectivity index (χ3v) is 5.49. The zero-order valence-electron chi connectivity index (χ0n) is 12.5. The molecule has 0 radical (unpaired) electrons. The molecule has 2 atom stereocenters. The predicted octanol–water partition coefficient (Wildman–Crippen LogP) is 4.96. The Hall–Kier alpha value is -1.70. The van der Waals surface area contributed by atoms with Crippen LogP contribution in [0, 0.1) is 0 Å². The molecule has 0 spiro atoms. The molecular weight excluding hydrogens is 260 g/mol. The van der Waals surface area contributed by atoms with E-state index in [2.05, 4.69) is 13.0 Å². The van der Waals surface area contributed by atoms with E-state index in [0.29, 0.717) is 23.3 Å². The van der Waals surface area contributed by atoms with Gasteiger partial charge in [-0.05, 0) is 49.5 Å². The van der Waals surface area contributed by atoms with Crippen LogP contribution in [0.1, 0.15) is 67.6 Å². The minimum Gasteiger partial charge on any atom is -0.507 e. The van der Waals surface area contributed by atoms with E-state index in [0.717, 1.165) is 60.4 Å². The summed E-state index contributed by atoms with van der Waals surface area (Å²) in [6.07, 6.45) is 6.64. The Morgan fingerprint density at radius 1 is 1.05 bits per heavy atom. The van der Waals surface area contributed by atoms with Crippen LogP contribution < -0.4 is 0 Å². The van der Waals surface area contributed by atoms with Crippen molar-refractivity contribution in [3.8, 4) is 11.5 Å². The van der Waals surface area contributed by atoms with Crippen molar-refractivity contribution >= 4 is 10.8 Å². The first-order valence-electron chi connectivity index (χ1n) is 8.21. The lowest BCUT2D eigenvalue weighted by Gasteiger charge is -2.21. The standard InChI is InChI=1S/C19H22O2/c1-2-3-5-11-6-4-7-14-15(11)19(21)17-13-9-8-12(10-13)16(17)18(14)20/h4,6-7,12-13,20-21H,2-3,5,8-10H2,1H3. The predicted molar refractivity (Wildman–Crippen MR) is 85.2 cm³/mol. The number of benzene rings is 2. The second kappa shape index (κ2) is 4.66. The zero-order chi connectivity index (χ0) is 14.6. The molecule has 2 aromatic carbocycles. The molecule has 1 fully saturated rings. The third-order valence-electron chi connectivity index (χ3n) is 5.49. The summed E-state index contributed by atoms with van der Waals surface area (Å²) in [5.41, 5.74) is 3.27. The monoisotopic (exact) mass is 282 g/mol. The summed E-state index contributed by atoms with van der Waals surface area (Å²) in [6, 6.07) is 6.05. The zero-order valence-corrected chi connectivity index (χ0v) is 12.5. The highest BCUT2D eigenvalue weighted by atomic mass is 16.3. The second-order valence-electron chi connectivity index (χ2n) is 6.67. The van der Waals surface area contributed by atoms with Gasteiger partial charge in [0.05, 0.1) is 0 Å². The number of rotatable bonds is 3. The van der Waals surface area contributed by atoms with Crippen LogP contribution in [0.15, 0.2) is 18.2 Å². The van der Waals surface area contributed by atoms with Crippen molar-refractivity contribution in [2.75, 3.05) is 0 Å². The number of hydrogen-bond donors (Lipinski definition) is 2. The summed E-state index contributed by atoms with van der Waals surface area (Å²) in [5, 5.41) is 23.4. The maximum absolute atomic E-state index is 10.9. The summed E-state index contributed by atoms with van der Waals surface area (Å²) in [5.74, 6) is 1.80. The van der Waals surface area contributed by atoms with Crippen molar-refractivity contribution in [1.29, 1.82) is 0 Å². The van der Waals surface area contributed by atoms with Gasteiger partial charge in [-0.3, -0.25) is 0 Å². The molecule has 110 valence electrons. The lowest BCUT2D eigenvalue weighted by molar-refractivity contribution is 0.451. The van der Waals surface area contributed by atoms with Gasteiger partial charge in [0.25, 0.3) is 0 Å². The highest BCUT2D eigenvalue weighted by molar-refractivity contribution is 5.98. The van der Waals surface area contributed by atoms with Gasteiger partial charge >= 0.3 is 0 Å². The molecule has 2 unspecified atom stereocenters. The Labute approximate surface area is 125 Å². The Morgan fingerprint density at radius 2 is 1.76 bits per heavy atom. The van der Waals surface area contributed by atoms with Gasteiger partial charge in [-0.15, -0.1) is 0 Å². The van der Waals surface area contributed by atoms with E-state index >= 15 is 0 Å². The second-order valence-corrected chi connectivity index (χ2v) is 6.67. The fraction of sp³-hybridized carbons (Fsp3) is 0.474. The summed E-state index contributed by atoms with van der Waals surface area (Å²) in [7, 11) is 0. The SMILES string of the molecule is CCCCc1cccc2c(O)c3c(c(O)c12)C1CCC3C1. The Kier molecular flexibility index (Phi) is 2.88. The van der Waals surface area contributed by atoms with Gasteiger partial charge in [0, 0.05) is 21.9 Å². The van der Waals surface area contributed by atoms with Gasteiger partial charge in [-0.25, -0.2) is 0 Å². The molecule has 0 amide bonds. The molecule has 0 heterocycles. The van der Waals surface area contributed by atoms with E-state index < -0.39 is 0 Å². The van der Waals surface area contributed by atoms with Crippen molar-refractivity contribution in [3.05, 3.63) is 34.9 Å². The Balaban J connectivity index is 2.01. The van der Waals surface area contributed by atoms with E-state index in [9.17, 15) is 10.2 Å². The molecule has 21 heavy (non-hydrogen) atoms. The number of hydrogen-bond acceptors (Lipinski definition) is 2. The van der Waals surface area contributed by atoms with Crippen LogP contribution >= 0.6 is 0 Å². The van der Waals surface area contributed by atoms with Crippen molar-refractivity contribution < 1.29 is 10.2 Å². The maximum atomic E-state index is 10.9. The van der Waals surface area contributed by atoms with Crippen LogP contribution in [-0.2, 0) is 6.42 Å². The maximum Gasteiger partial charge on any atom is 0.127 e. The largest absolute Gasteiger partial charge is 0.507 e. The Morgan fingerprint density at radius 3 is 2.48 bits per heavy atom. The van der Waals surface area contributed by atoms with Crippen molar-refractivity contribution in [2.24, 2.45) is 0 Å². The average molecular weight is 282 g/mol.